The van der Waals surface area contributed by atoms with Crippen LogP contribution in [0.25, 0.3) is 0 Å². The summed E-state index contributed by atoms with van der Waals surface area (Å²) in [5.41, 5.74) is 2.94. The maximum absolute atomic E-state index is 5.63. The summed E-state index contributed by atoms with van der Waals surface area (Å²) in [6.07, 6.45) is 2.42. The Morgan fingerprint density at radius 3 is 2.71 bits per heavy atom. The Labute approximate surface area is 117 Å². The monoisotopic (exact) mass is 316 g/mol. The number of hydrogen-bond acceptors (Lipinski definition) is 3. The van der Waals surface area contributed by atoms with Crippen LogP contribution in [0.1, 0.15) is 26.7 Å². The number of nitrogens with one attached hydrogen (secondary N) is 1. The van der Waals surface area contributed by atoms with Crippen molar-refractivity contribution in [2.45, 2.75) is 37.6 Å². The lowest BCUT2D eigenvalue weighted by Crippen LogP contribution is -2.41. The maximum atomic E-state index is 5.63. The predicted molar refractivity (Wildman–Crippen MR) is 80.0 cm³/mol. The number of thioether (sulfide) groups is 1. The Morgan fingerprint density at radius 2 is 2.12 bits per heavy atom. The number of benzene rings is 1. The molecule has 1 aromatic rings. The second-order valence-electron chi connectivity index (χ2n) is 4.28. The Kier molecular flexibility index (Phi) is 7.19. The highest BCUT2D eigenvalue weighted by Gasteiger charge is 2.15. The van der Waals surface area contributed by atoms with E-state index < -0.39 is 0 Å². The van der Waals surface area contributed by atoms with Crippen LogP contribution < -0.4 is 11.3 Å². The lowest BCUT2D eigenvalue weighted by molar-refractivity contribution is 0.387. The van der Waals surface area contributed by atoms with Gasteiger partial charge in [0, 0.05) is 21.2 Å². The molecule has 0 spiro atoms. The second kappa shape index (κ2) is 8.14. The predicted octanol–water partition coefficient (Wildman–Crippen LogP) is 3.81. The van der Waals surface area contributed by atoms with Crippen molar-refractivity contribution in [1.29, 1.82) is 0 Å². The number of hydrogen-bond donors (Lipinski definition) is 2. The highest BCUT2D eigenvalue weighted by atomic mass is 79.9. The van der Waals surface area contributed by atoms with E-state index in [1.165, 1.54) is 17.7 Å². The third-order valence-electron chi connectivity index (χ3n) is 2.90. The van der Waals surface area contributed by atoms with Gasteiger partial charge in [0.1, 0.15) is 0 Å². The van der Waals surface area contributed by atoms with Gasteiger partial charge < -0.3 is 0 Å². The molecule has 96 valence electrons. The SMILES string of the molecule is CCCC(C)C(CSc1ccccc1Br)NN. The van der Waals surface area contributed by atoms with Crippen molar-refractivity contribution in [3.8, 4) is 0 Å². The molecule has 3 N–H and O–H groups in total. The van der Waals surface area contributed by atoms with E-state index in [1.54, 1.807) is 0 Å². The summed E-state index contributed by atoms with van der Waals surface area (Å²) in [5.74, 6) is 7.24. The molecule has 0 bridgehead atoms. The molecule has 0 fully saturated rings. The summed E-state index contributed by atoms with van der Waals surface area (Å²) in [5, 5.41) is 0. The molecule has 0 aromatic heterocycles. The Hall–Kier alpha value is -0.0300. The molecule has 2 nitrogen and oxygen atoms in total. The lowest BCUT2D eigenvalue weighted by Gasteiger charge is -2.22. The topological polar surface area (TPSA) is 38.0 Å². The molecule has 4 heteroatoms. The minimum absolute atomic E-state index is 0.368. The van der Waals surface area contributed by atoms with Gasteiger partial charge in [-0.25, -0.2) is 0 Å². The van der Waals surface area contributed by atoms with E-state index >= 15 is 0 Å². The molecule has 0 amide bonds. The normalized spacial score (nSPS) is 14.6. The van der Waals surface area contributed by atoms with E-state index in [4.69, 9.17) is 5.84 Å². The first kappa shape index (κ1) is 15.0. The van der Waals surface area contributed by atoms with Gasteiger partial charge in [0.2, 0.25) is 0 Å². The van der Waals surface area contributed by atoms with Gasteiger partial charge in [0.15, 0.2) is 0 Å². The first-order chi connectivity index (χ1) is 8.19. The van der Waals surface area contributed by atoms with Crippen LogP contribution in [-0.4, -0.2) is 11.8 Å². The average Bonchev–Trinajstić information content (AvgIpc) is 2.32. The van der Waals surface area contributed by atoms with Gasteiger partial charge in [-0.3, -0.25) is 11.3 Å². The van der Waals surface area contributed by atoms with Crippen LogP contribution in [0.4, 0.5) is 0 Å². The van der Waals surface area contributed by atoms with Gasteiger partial charge >= 0.3 is 0 Å². The van der Waals surface area contributed by atoms with Crippen LogP contribution in [0.5, 0.6) is 0 Å². The van der Waals surface area contributed by atoms with Gasteiger partial charge in [0.25, 0.3) is 0 Å². The van der Waals surface area contributed by atoms with Crippen molar-refractivity contribution in [2.75, 3.05) is 5.75 Å². The standard InChI is InChI=1S/C13H21BrN2S/c1-3-6-10(2)12(16-15)9-17-13-8-5-4-7-11(13)14/h4-5,7-8,10,12,16H,3,6,9,15H2,1-2H3. The van der Waals surface area contributed by atoms with Crippen LogP contribution in [-0.2, 0) is 0 Å². The third-order valence-corrected chi connectivity index (χ3v) is 5.05. The maximum Gasteiger partial charge on any atom is 0.0330 e. The third kappa shape index (κ3) is 5.00. The summed E-state index contributed by atoms with van der Waals surface area (Å²) in [6.45, 7) is 4.47. The van der Waals surface area contributed by atoms with Crippen molar-refractivity contribution in [3.05, 3.63) is 28.7 Å². The van der Waals surface area contributed by atoms with Crippen molar-refractivity contribution >= 4 is 27.7 Å². The van der Waals surface area contributed by atoms with E-state index in [9.17, 15) is 0 Å². The molecule has 17 heavy (non-hydrogen) atoms. The zero-order valence-corrected chi connectivity index (χ0v) is 12.9. The van der Waals surface area contributed by atoms with Crippen LogP contribution in [0, 0.1) is 5.92 Å². The van der Waals surface area contributed by atoms with E-state index in [1.807, 2.05) is 17.8 Å². The molecule has 0 heterocycles. The van der Waals surface area contributed by atoms with E-state index in [0.717, 1.165) is 10.2 Å². The zero-order chi connectivity index (χ0) is 12.7. The number of halogens is 1. The fraction of sp³-hybridized carbons (Fsp3) is 0.538. The number of hydrazine groups is 1. The Balaban J connectivity index is 2.50. The largest absolute Gasteiger partial charge is 0.271 e. The number of nitrogens with two attached hydrogens (primary N) is 1. The lowest BCUT2D eigenvalue weighted by atomic mass is 9.99. The summed E-state index contributed by atoms with van der Waals surface area (Å²) in [7, 11) is 0. The van der Waals surface area contributed by atoms with Gasteiger partial charge in [-0.05, 0) is 40.4 Å². The first-order valence-electron chi connectivity index (χ1n) is 6.02. The van der Waals surface area contributed by atoms with Crippen LogP contribution in [0.2, 0.25) is 0 Å². The van der Waals surface area contributed by atoms with Gasteiger partial charge in [-0.2, -0.15) is 0 Å². The van der Waals surface area contributed by atoms with Gasteiger partial charge in [0.05, 0.1) is 0 Å². The zero-order valence-electron chi connectivity index (χ0n) is 10.4. The second-order valence-corrected chi connectivity index (χ2v) is 6.20. The van der Waals surface area contributed by atoms with Gasteiger partial charge in [-0.1, -0.05) is 32.4 Å². The fourth-order valence-corrected chi connectivity index (χ4v) is 3.57. The number of rotatable bonds is 7. The first-order valence-corrected chi connectivity index (χ1v) is 7.80. The molecular weight excluding hydrogens is 296 g/mol. The van der Waals surface area contributed by atoms with E-state index in [-0.39, 0.29) is 0 Å². The fourth-order valence-electron chi connectivity index (χ4n) is 1.77. The minimum Gasteiger partial charge on any atom is -0.271 e. The van der Waals surface area contributed by atoms with Crippen molar-refractivity contribution < 1.29 is 0 Å². The molecule has 2 unspecified atom stereocenters. The average molecular weight is 317 g/mol. The van der Waals surface area contributed by atoms with Crippen LogP contribution >= 0.6 is 27.7 Å². The molecule has 0 aliphatic carbocycles. The quantitative estimate of drug-likeness (QED) is 0.456. The molecule has 0 saturated heterocycles. The molecule has 1 aromatic carbocycles. The molecule has 0 radical (unpaired) electrons. The highest BCUT2D eigenvalue weighted by molar-refractivity contribution is 9.10. The summed E-state index contributed by atoms with van der Waals surface area (Å²) < 4.78 is 1.16. The van der Waals surface area contributed by atoms with Gasteiger partial charge in [-0.15, -0.1) is 11.8 Å². The molecule has 0 aliphatic rings. The molecule has 2 atom stereocenters. The minimum atomic E-state index is 0.368. The van der Waals surface area contributed by atoms with Crippen LogP contribution in [0.3, 0.4) is 0 Å². The summed E-state index contributed by atoms with van der Waals surface area (Å²) in [4.78, 5) is 1.27. The Morgan fingerprint density at radius 1 is 1.41 bits per heavy atom. The van der Waals surface area contributed by atoms with Crippen LogP contribution in [0.15, 0.2) is 33.6 Å². The molecule has 1 rings (SSSR count). The Bertz CT molecular complexity index is 333. The van der Waals surface area contributed by atoms with Crippen molar-refractivity contribution in [3.63, 3.8) is 0 Å². The van der Waals surface area contributed by atoms with E-state index in [2.05, 4.69) is 53.4 Å². The smallest absolute Gasteiger partial charge is 0.0330 e. The summed E-state index contributed by atoms with van der Waals surface area (Å²) >= 11 is 5.41. The summed E-state index contributed by atoms with van der Waals surface area (Å²) in [6, 6.07) is 8.67. The molecule has 0 saturated carbocycles. The van der Waals surface area contributed by atoms with Crippen molar-refractivity contribution in [1.82, 2.24) is 5.43 Å². The highest BCUT2D eigenvalue weighted by Crippen LogP contribution is 2.28. The van der Waals surface area contributed by atoms with E-state index in [0.29, 0.717) is 12.0 Å². The molecule has 0 aliphatic heterocycles. The molecular formula is C13H21BrN2S. The van der Waals surface area contributed by atoms with Crippen molar-refractivity contribution in [2.24, 2.45) is 11.8 Å².